The fraction of sp³-hybridized carbons (Fsp3) is 0.500. The fourth-order valence-electron chi connectivity index (χ4n) is 0. The number of allylic oxidation sites excluding steroid dienone is 1. The summed E-state index contributed by atoms with van der Waals surface area (Å²) < 4.78 is 0. The lowest BCUT2D eigenvalue weighted by atomic mass is 10.4. The van der Waals surface area contributed by atoms with Gasteiger partial charge in [0.05, 0.1) is 0 Å². The zero-order valence-corrected chi connectivity index (χ0v) is 3.78. The molecular weight excluding hydrogens is 58.9 g/mol. The maximum Gasteiger partial charge on any atom is 0 e. The lowest BCUT2D eigenvalue weighted by molar-refractivity contribution is 1.42. The van der Waals surface area contributed by atoms with Gasteiger partial charge >= 0.3 is 0 Å². The van der Waals surface area contributed by atoms with Gasteiger partial charge in [-0.05, 0) is 13.8 Å². The molecule has 1 heteroatoms. The van der Waals surface area contributed by atoms with Gasteiger partial charge in [-0.1, -0.05) is 5.57 Å². The van der Waals surface area contributed by atoms with Crippen molar-refractivity contribution in [3.05, 3.63) is 12.2 Å². The van der Waals surface area contributed by atoms with Crippen LogP contribution < -0.4 is 0 Å². The Hall–Kier alpha value is -0.195. The van der Waals surface area contributed by atoms with Crippen LogP contribution in [0.3, 0.4) is 0 Å². The van der Waals surface area contributed by atoms with Gasteiger partial charge < -0.3 is 0 Å². The molecule has 0 spiro atoms. The Morgan fingerprint density at radius 1 is 1.40 bits per heavy atom. The largest absolute Gasteiger partial charge is 0.100 e. The lowest BCUT2D eigenvalue weighted by Crippen LogP contribution is -1.43. The first-order valence-electron chi connectivity index (χ1n) is 1.35. The number of rotatable bonds is 0. The minimum Gasteiger partial charge on any atom is -0.100 e. The van der Waals surface area contributed by atoms with Gasteiger partial charge in [-0.3, -0.25) is 0 Å². The molecule has 0 N–H and O–H groups in total. The molecule has 0 unspecified atom stereocenters. The summed E-state index contributed by atoms with van der Waals surface area (Å²) in [4.78, 5) is 0. The van der Waals surface area contributed by atoms with Crippen LogP contribution >= 0.6 is 0 Å². The Bertz CT molecular complexity index is 26.6. The molecular formula is C4H8B. The highest BCUT2D eigenvalue weighted by molar-refractivity contribution is 5.75. The Morgan fingerprint density at radius 2 is 1.40 bits per heavy atom. The summed E-state index contributed by atoms with van der Waals surface area (Å²) in [5.41, 5.74) is 1.17. The first-order valence-corrected chi connectivity index (χ1v) is 1.35. The van der Waals surface area contributed by atoms with Crippen LogP contribution in [0.4, 0.5) is 0 Å². The van der Waals surface area contributed by atoms with E-state index in [9.17, 15) is 0 Å². The van der Waals surface area contributed by atoms with Gasteiger partial charge in [0.1, 0.15) is 0 Å². The highest BCUT2D eigenvalue weighted by atomic mass is 13.6. The van der Waals surface area contributed by atoms with E-state index < -0.39 is 0 Å². The molecule has 0 aliphatic rings. The second-order valence-corrected chi connectivity index (χ2v) is 1.21. The van der Waals surface area contributed by atoms with Crippen LogP contribution in [0.15, 0.2) is 12.2 Å². The standard InChI is InChI=1S/C4H8.B/c1-4(2)3;/h1H2,2-3H3;. The van der Waals surface area contributed by atoms with Gasteiger partial charge in [0.25, 0.3) is 0 Å². The fourth-order valence-corrected chi connectivity index (χ4v) is 0. The Morgan fingerprint density at radius 3 is 1.40 bits per heavy atom. The van der Waals surface area contributed by atoms with Crippen LogP contribution in [0.5, 0.6) is 0 Å². The van der Waals surface area contributed by atoms with E-state index in [-0.39, 0.29) is 8.41 Å². The molecule has 3 radical (unpaired) electrons. The van der Waals surface area contributed by atoms with E-state index in [1.165, 1.54) is 5.57 Å². The molecule has 0 heterocycles. The maximum absolute atomic E-state index is 3.56. The SMILES string of the molecule is C=C(C)C.[B]. The van der Waals surface area contributed by atoms with Crippen molar-refractivity contribution in [3.8, 4) is 0 Å². The quantitative estimate of drug-likeness (QED) is 0.295. The minimum absolute atomic E-state index is 0. The molecule has 0 bridgehead atoms. The van der Waals surface area contributed by atoms with Gasteiger partial charge in [-0.25, -0.2) is 0 Å². The van der Waals surface area contributed by atoms with Crippen molar-refractivity contribution < 1.29 is 0 Å². The molecule has 0 nitrogen and oxygen atoms in total. The smallest absolute Gasteiger partial charge is 0 e. The molecule has 0 aromatic heterocycles. The Kier molecular flexibility index (Phi) is 6.73. The van der Waals surface area contributed by atoms with E-state index in [4.69, 9.17) is 0 Å². The van der Waals surface area contributed by atoms with Gasteiger partial charge in [0.2, 0.25) is 0 Å². The average molecular weight is 66.9 g/mol. The number of hydrogen-bond donors (Lipinski definition) is 0. The summed E-state index contributed by atoms with van der Waals surface area (Å²) >= 11 is 0. The minimum atomic E-state index is 0. The molecule has 5 heavy (non-hydrogen) atoms. The molecule has 0 saturated heterocycles. The van der Waals surface area contributed by atoms with E-state index in [0.29, 0.717) is 0 Å². The van der Waals surface area contributed by atoms with Crippen molar-refractivity contribution in [2.75, 3.05) is 0 Å². The summed E-state index contributed by atoms with van der Waals surface area (Å²) in [5.74, 6) is 0. The second kappa shape index (κ2) is 3.80. The van der Waals surface area contributed by atoms with Crippen molar-refractivity contribution in [3.63, 3.8) is 0 Å². The van der Waals surface area contributed by atoms with E-state index in [2.05, 4.69) is 6.58 Å². The summed E-state index contributed by atoms with van der Waals surface area (Å²) in [6, 6.07) is 0. The Labute approximate surface area is 35.5 Å². The van der Waals surface area contributed by atoms with Gasteiger partial charge in [0, 0.05) is 8.41 Å². The second-order valence-electron chi connectivity index (χ2n) is 1.21. The molecule has 0 aliphatic heterocycles. The molecule has 27 valence electrons. The summed E-state index contributed by atoms with van der Waals surface area (Å²) in [6.07, 6.45) is 0. The van der Waals surface area contributed by atoms with Crippen LogP contribution in [0.1, 0.15) is 13.8 Å². The zero-order chi connectivity index (χ0) is 3.58. The first-order chi connectivity index (χ1) is 1.73. The third-order valence-electron chi connectivity index (χ3n) is 0. The van der Waals surface area contributed by atoms with Crippen LogP contribution in [-0.4, -0.2) is 8.41 Å². The monoisotopic (exact) mass is 67.1 g/mol. The maximum atomic E-state index is 3.56. The molecule has 0 fully saturated rings. The van der Waals surface area contributed by atoms with Crippen LogP contribution in [0.25, 0.3) is 0 Å². The van der Waals surface area contributed by atoms with E-state index in [1.54, 1.807) is 0 Å². The van der Waals surface area contributed by atoms with Gasteiger partial charge in [-0.15, -0.1) is 6.58 Å². The summed E-state index contributed by atoms with van der Waals surface area (Å²) in [7, 11) is 0. The zero-order valence-electron chi connectivity index (χ0n) is 3.78. The average Bonchev–Trinajstić information content (AvgIpc) is 0.811. The Balaban J connectivity index is 0. The summed E-state index contributed by atoms with van der Waals surface area (Å²) in [5, 5.41) is 0. The van der Waals surface area contributed by atoms with Gasteiger partial charge in [-0.2, -0.15) is 0 Å². The molecule has 0 aliphatic carbocycles. The van der Waals surface area contributed by atoms with Crippen molar-refractivity contribution in [1.29, 1.82) is 0 Å². The third kappa shape index (κ3) is 326. The molecule has 0 atom stereocenters. The molecule has 0 rings (SSSR count). The van der Waals surface area contributed by atoms with E-state index in [1.807, 2.05) is 13.8 Å². The molecule has 0 amide bonds. The highest BCUT2D eigenvalue weighted by Crippen LogP contribution is 1.73. The van der Waals surface area contributed by atoms with Crippen molar-refractivity contribution in [2.24, 2.45) is 0 Å². The topological polar surface area (TPSA) is 0 Å². The van der Waals surface area contributed by atoms with Crippen molar-refractivity contribution >= 4 is 8.41 Å². The normalized spacial score (nSPS) is 5.20. The first kappa shape index (κ1) is 8.84. The lowest BCUT2D eigenvalue weighted by Gasteiger charge is -1.65. The third-order valence-corrected chi connectivity index (χ3v) is 0. The van der Waals surface area contributed by atoms with E-state index >= 15 is 0 Å². The van der Waals surface area contributed by atoms with Crippen molar-refractivity contribution in [1.82, 2.24) is 0 Å². The molecule has 0 saturated carbocycles. The van der Waals surface area contributed by atoms with Crippen LogP contribution in [0.2, 0.25) is 0 Å². The summed E-state index contributed by atoms with van der Waals surface area (Å²) in [6.45, 7) is 7.50. The van der Waals surface area contributed by atoms with Crippen LogP contribution in [-0.2, 0) is 0 Å². The van der Waals surface area contributed by atoms with Gasteiger partial charge in [0.15, 0.2) is 0 Å². The highest BCUT2D eigenvalue weighted by Gasteiger charge is 1.51. The molecule has 0 aromatic carbocycles. The molecule has 0 aromatic rings. The number of hydrogen-bond acceptors (Lipinski definition) is 0. The van der Waals surface area contributed by atoms with E-state index in [0.717, 1.165) is 0 Å². The predicted molar refractivity (Wildman–Crippen MR) is 26.2 cm³/mol. The van der Waals surface area contributed by atoms with Crippen LogP contribution in [0, 0.1) is 0 Å². The predicted octanol–water partition coefficient (Wildman–Crippen LogP) is 1.20. The van der Waals surface area contributed by atoms with Crippen molar-refractivity contribution in [2.45, 2.75) is 13.8 Å².